The van der Waals surface area contributed by atoms with E-state index in [2.05, 4.69) is 22.2 Å². The van der Waals surface area contributed by atoms with E-state index < -0.39 is 0 Å². The van der Waals surface area contributed by atoms with Crippen LogP contribution in [0.25, 0.3) is 10.2 Å². The SMILES string of the molecule is C=CC(=O)N1CCCC(NC(=O)c2sc3nccc4c3c2NC(=O)N4c2ccc(OC3CCCC3)cc2C)C1. The standard InChI is InChI=1S/C29H31N5O4S/c1-3-23(35)33-14-6-7-18(16-33)31-27(36)26-25-24-22(12-13-30-28(24)39-26)34(29(37)32-25)21-11-10-20(15-17(21)2)38-19-8-4-5-9-19/h3,10-13,15,18-19H,1,4-9,14,16H2,2H3,(H,31,36)(H,32,37). The minimum absolute atomic E-state index is 0.138. The minimum Gasteiger partial charge on any atom is -0.490 e. The molecule has 1 unspecified atom stereocenters. The number of aromatic nitrogens is 1. The lowest BCUT2D eigenvalue weighted by atomic mass is 10.1. The number of piperidine rings is 1. The number of amides is 4. The summed E-state index contributed by atoms with van der Waals surface area (Å²) in [4.78, 5) is 47.9. The predicted octanol–water partition coefficient (Wildman–Crippen LogP) is 5.52. The Morgan fingerprint density at radius 1 is 1.18 bits per heavy atom. The van der Waals surface area contributed by atoms with Crippen LogP contribution in [0.3, 0.4) is 0 Å². The highest BCUT2D eigenvalue weighted by Gasteiger charge is 2.34. The van der Waals surface area contributed by atoms with Gasteiger partial charge in [-0.15, -0.1) is 11.3 Å². The Bertz CT molecular complexity index is 1480. The molecule has 39 heavy (non-hydrogen) atoms. The van der Waals surface area contributed by atoms with E-state index >= 15 is 0 Å². The molecule has 10 heteroatoms. The van der Waals surface area contributed by atoms with Crippen LogP contribution >= 0.6 is 11.3 Å². The Morgan fingerprint density at radius 2 is 2.00 bits per heavy atom. The summed E-state index contributed by atoms with van der Waals surface area (Å²) in [5.41, 5.74) is 2.82. The van der Waals surface area contributed by atoms with Gasteiger partial charge in [-0.3, -0.25) is 14.5 Å². The summed E-state index contributed by atoms with van der Waals surface area (Å²) in [6, 6.07) is 7.10. The zero-order valence-electron chi connectivity index (χ0n) is 21.9. The number of hydrogen-bond acceptors (Lipinski definition) is 6. The van der Waals surface area contributed by atoms with Gasteiger partial charge >= 0.3 is 6.03 Å². The summed E-state index contributed by atoms with van der Waals surface area (Å²) in [5.74, 6) is 0.391. The number of carbonyl (C=O) groups is 3. The summed E-state index contributed by atoms with van der Waals surface area (Å²) in [5, 5.41) is 6.77. The molecule has 2 aromatic heterocycles. The van der Waals surface area contributed by atoms with Gasteiger partial charge in [-0.2, -0.15) is 0 Å². The largest absolute Gasteiger partial charge is 0.490 e. The van der Waals surface area contributed by atoms with Crippen LogP contribution in [0.5, 0.6) is 5.75 Å². The molecule has 2 aliphatic heterocycles. The monoisotopic (exact) mass is 545 g/mol. The lowest BCUT2D eigenvalue weighted by molar-refractivity contribution is -0.127. The number of thiophene rings is 1. The van der Waals surface area contributed by atoms with Crippen molar-refractivity contribution in [1.29, 1.82) is 0 Å². The van der Waals surface area contributed by atoms with Crippen LogP contribution in [0.1, 0.15) is 53.8 Å². The first-order valence-corrected chi connectivity index (χ1v) is 14.3. The van der Waals surface area contributed by atoms with E-state index in [-0.39, 0.29) is 30.0 Å². The van der Waals surface area contributed by atoms with Gasteiger partial charge in [0, 0.05) is 25.3 Å². The van der Waals surface area contributed by atoms with Crippen LogP contribution in [0.4, 0.5) is 21.9 Å². The van der Waals surface area contributed by atoms with Crippen molar-refractivity contribution in [2.45, 2.75) is 57.6 Å². The molecular weight excluding hydrogens is 514 g/mol. The quantitative estimate of drug-likeness (QED) is 0.397. The van der Waals surface area contributed by atoms with Crippen molar-refractivity contribution in [1.82, 2.24) is 15.2 Å². The normalized spacial score (nSPS) is 19.2. The third-order valence-electron chi connectivity index (χ3n) is 7.71. The second kappa shape index (κ2) is 10.3. The molecule has 3 aliphatic rings. The van der Waals surface area contributed by atoms with Crippen LogP contribution in [0.2, 0.25) is 0 Å². The maximum atomic E-state index is 13.5. The number of nitrogens with one attached hydrogen (secondary N) is 2. The first-order chi connectivity index (χ1) is 18.9. The molecule has 1 atom stereocenters. The van der Waals surface area contributed by atoms with Gasteiger partial charge in [-0.25, -0.2) is 9.78 Å². The number of pyridine rings is 1. The number of nitrogens with zero attached hydrogens (tertiary/aromatic N) is 3. The van der Waals surface area contributed by atoms with Gasteiger partial charge in [0.15, 0.2) is 0 Å². The third-order valence-corrected chi connectivity index (χ3v) is 8.81. The van der Waals surface area contributed by atoms with Gasteiger partial charge in [0.1, 0.15) is 15.5 Å². The Labute approximate surface area is 230 Å². The Morgan fingerprint density at radius 3 is 2.77 bits per heavy atom. The van der Waals surface area contributed by atoms with E-state index in [1.807, 2.05) is 25.1 Å². The number of carbonyl (C=O) groups excluding carboxylic acids is 3. The van der Waals surface area contributed by atoms with E-state index in [1.54, 1.807) is 22.1 Å². The van der Waals surface area contributed by atoms with Gasteiger partial charge in [0.2, 0.25) is 5.91 Å². The fraction of sp³-hybridized carbons (Fsp3) is 0.379. The fourth-order valence-corrected chi connectivity index (χ4v) is 6.83. The maximum Gasteiger partial charge on any atom is 0.331 e. The highest BCUT2D eigenvalue weighted by atomic mass is 32.1. The number of urea groups is 1. The molecule has 3 aromatic rings. The predicted molar refractivity (Wildman–Crippen MR) is 152 cm³/mol. The molecule has 2 N–H and O–H groups in total. The zero-order chi connectivity index (χ0) is 27.1. The van der Waals surface area contributed by atoms with Crippen molar-refractivity contribution in [3.63, 3.8) is 0 Å². The average molecular weight is 546 g/mol. The highest BCUT2D eigenvalue weighted by molar-refractivity contribution is 7.21. The molecule has 4 heterocycles. The van der Waals surface area contributed by atoms with E-state index in [9.17, 15) is 14.4 Å². The third kappa shape index (κ3) is 4.73. The number of ether oxygens (including phenoxy) is 1. The van der Waals surface area contributed by atoms with Gasteiger partial charge < -0.3 is 20.3 Å². The molecule has 0 radical (unpaired) electrons. The molecular formula is C29H31N5O4S. The average Bonchev–Trinajstić information content (AvgIpc) is 3.58. The Balaban J connectivity index is 1.28. The molecule has 1 saturated heterocycles. The summed E-state index contributed by atoms with van der Waals surface area (Å²) in [6.07, 6.45) is 9.34. The fourth-order valence-electron chi connectivity index (χ4n) is 5.81. The molecule has 6 rings (SSSR count). The summed E-state index contributed by atoms with van der Waals surface area (Å²) in [7, 11) is 0. The van der Waals surface area contributed by atoms with E-state index in [1.165, 1.54) is 30.3 Å². The first-order valence-electron chi connectivity index (χ1n) is 13.4. The Kier molecular flexibility index (Phi) is 6.72. The topological polar surface area (TPSA) is 104 Å². The van der Waals surface area contributed by atoms with E-state index in [0.717, 1.165) is 48.1 Å². The Hall–Kier alpha value is -3.92. The van der Waals surface area contributed by atoms with Gasteiger partial charge in [-0.05, 0) is 81.4 Å². The van der Waals surface area contributed by atoms with Crippen molar-refractivity contribution in [2.75, 3.05) is 23.3 Å². The second-order valence-electron chi connectivity index (χ2n) is 10.4. The van der Waals surface area contributed by atoms with Crippen LogP contribution in [-0.2, 0) is 4.79 Å². The van der Waals surface area contributed by atoms with Crippen molar-refractivity contribution in [3.8, 4) is 5.75 Å². The lowest BCUT2D eigenvalue weighted by Gasteiger charge is -2.32. The van der Waals surface area contributed by atoms with Crippen LogP contribution in [0.15, 0.2) is 43.1 Å². The molecule has 1 saturated carbocycles. The molecule has 2 fully saturated rings. The summed E-state index contributed by atoms with van der Waals surface area (Å²) in [6.45, 7) is 6.61. The zero-order valence-corrected chi connectivity index (χ0v) is 22.7. The molecule has 202 valence electrons. The second-order valence-corrected chi connectivity index (χ2v) is 11.4. The molecule has 0 spiro atoms. The lowest BCUT2D eigenvalue weighted by Crippen LogP contribution is -2.49. The van der Waals surface area contributed by atoms with Crippen LogP contribution in [0, 0.1) is 6.92 Å². The van der Waals surface area contributed by atoms with E-state index in [0.29, 0.717) is 34.2 Å². The van der Waals surface area contributed by atoms with E-state index in [4.69, 9.17) is 4.74 Å². The van der Waals surface area contributed by atoms with Gasteiger partial charge in [0.25, 0.3) is 5.91 Å². The minimum atomic E-state index is -0.338. The summed E-state index contributed by atoms with van der Waals surface area (Å²) >= 11 is 1.25. The molecule has 1 aromatic carbocycles. The van der Waals surface area contributed by atoms with Gasteiger partial charge in [-0.1, -0.05) is 6.58 Å². The number of rotatable bonds is 6. The summed E-state index contributed by atoms with van der Waals surface area (Å²) < 4.78 is 6.16. The number of anilines is 3. The molecule has 4 amide bonds. The van der Waals surface area contributed by atoms with Crippen molar-refractivity contribution < 1.29 is 19.1 Å². The van der Waals surface area contributed by atoms with Gasteiger partial charge in [0.05, 0.1) is 28.6 Å². The molecule has 0 bridgehead atoms. The van der Waals surface area contributed by atoms with Crippen molar-refractivity contribution in [3.05, 3.63) is 53.6 Å². The number of aryl methyl sites for hydroxylation is 1. The molecule has 9 nitrogen and oxygen atoms in total. The highest BCUT2D eigenvalue weighted by Crippen LogP contribution is 2.46. The maximum absolute atomic E-state index is 13.5. The van der Waals surface area contributed by atoms with Crippen LogP contribution < -0.4 is 20.3 Å². The number of likely N-dealkylation sites (tertiary alicyclic amines) is 1. The molecule has 1 aliphatic carbocycles. The van der Waals surface area contributed by atoms with Crippen molar-refractivity contribution >= 4 is 56.5 Å². The smallest absolute Gasteiger partial charge is 0.331 e. The number of benzene rings is 1. The number of hydrogen-bond donors (Lipinski definition) is 2. The van der Waals surface area contributed by atoms with Crippen LogP contribution in [-0.4, -0.2) is 53.0 Å². The van der Waals surface area contributed by atoms with Crippen molar-refractivity contribution in [2.24, 2.45) is 0 Å². The first kappa shape index (κ1) is 25.4.